The summed E-state index contributed by atoms with van der Waals surface area (Å²) in [6.07, 6.45) is 2.73. The molecule has 0 radical (unpaired) electrons. The van der Waals surface area contributed by atoms with Gasteiger partial charge in [0.05, 0.1) is 18.3 Å². The monoisotopic (exact) mass is 377 g/mol. The van der Waals surface area contributed by atoms with E-state index in [-0.39, 0.29) is 12.9 Å². The van der Waals surface area contributed by atoms with Gasteiger partial charge in [-0.25, -0.2) is 0 Å². The Balaban J connectivity index is 1.48. The van der Waals surface area contributed by atoms with E-state index in [0.717, 1.165) is 54.4 Å². The van der Waals surface area contributed by atoms with Crippen LogP contribution in [-0.2, 0) is 13.1 Å². The predicted octanol–water partition coefficient (Wildman–Crippen LogP) is 2.89. The zero-order chi connectivity index (χ0) is 18.9. The number of likely N-dealkylation sites (tertiary alicyclic amines) is 1. The average Bonchev–Trinajstić information content (AvgIpc) is 3.42. The summed E-state index contributed by atoms with van der Waals surface area (Å²) >= 11 is 0. The van der Waals surface area contributed by atoms with Gasteiger partial charge in [0.2, 0.25) is 6.79 Å². The van der Waals surface area contributed by atoms with Crippen molar-refractivity contribution in [2.75, 3.05) is 19.9 Å². The lowest BCUT2D eigenvalue weighted by Gasteiger charge is -2.14. The van der Waals surface area contributed by atoms with Crippen LogP contribution in [0.2, 0.25) is 0 Å². The number of ether oxygens (including phenoxy) is 2. The highest BCUT2D eigenvalue weighted by Crippen LogP contribution is 2.36. The first kappa shape index (κ1) is 17.3. The van der Waals surface area contributed by atoms with Crippen molar-refractivity contribution in [3.05, 3.63) is 65.9 Å². The normalized spacial score (nSPS) is 18.7. The van der Waals surface area contributed by atoms with Crippen LogP contribution in [0.15, 0.2) is 54.7 Å². The largest absolute Gasteiger partial charge is 0.454 e. The van der Waals surface area contributed by atoms with Crippen molar-refractivity contribution in [3.8, 4) is 22.8 Å². The summed E-state index contributed by atoms with van der Waals surface area (Å²) in [6.45, 7) is 3.38. The van der Waals surface area contributed by atoms with Crippen molar-refractivity contribution < 1.29 is 14.6 Å². The third-order valence-electron chi connectivity index (χ3n) is 5.31. The molecule has 0 aliphatic carbocycles. The number of hydrogen-bond donors (Lipinski definition) is 1. The summed E-state index contributed by atoms with van der Waals surface area (Å²) in [5, 5.41) is 14.8. The molecule has 1 atom stereocenters. The van der Waals surface area contributed by atoms with Crippen molar-refractivity contribution in [1.29, 1.82) is 0 Å². The van der Waals surface area contributed by atoms with Gasteiger partial charge >= 0.3 is 0 Å². The standard InChI is InChI=1S/C22H23N3O3/c26-19-8-9-24(14-19)12-18-13-25(11-16-4-2-1-3-5-16)23-22(18)17-6-7-20-21(10-17)28-15-27-20/h1-7,10,13,19,26H,8-9,11-12,14-15H2/t19-/m1/s1. The van der Waals surface area contributed by atoms with Crippen LogP contribution in [0.1, 0.15) is 17.5 Å². The summed E-state index contributed by atoms with van der Waals surface area (Å²) in [5.74, 6) is 1.54. The van der Waals surface area contributed by atoms with Crippen LogP contribution >= 0.6 is 0 Å². The maximum absolute atomic E-state index is 9.88. The molecule has 3 aromatic rings. The van der Waals surface area contributed by atoms with Gasteiger partial charge in [-0.2, -0.15) is 5.10 Å². The number of aliphatic hydroxyl groups is 1. The molecule has 6 nitrogen and oxygen atoms in total. The second kappa shape index (κ2) is 7.30. The molecule has 1 N–H and O–H groups in total. The van der Waals surface area contributed by atoms with Crippen LogP contribution in [0.3, 0.4) is 0 Å². The van der Waals surface area contributed by atoms with Crippen LogP contribution in [0, 0.1) is 0 Å². The van der Waals surface area contributed by atoms with Gasteiger partial charge < -0.3 is 14.6 Å². The van der Waals surface area contributed by atoms with Gasteiger partial charge in [-0.1, -0.05) is 30.3 Å². The Kier molecular flexibility index (Phi) is 4.50. The lowest BCUT2D eigenvalue weighted by Crippen LogP contribution is -2.21. The van der Waals surface area contributed by atoms with E-state index < -0.39 is 0 Å². The number of fused-ring (bicyclic) bond motifs is 1. The average molecular weight is 377 g/mol. The highest BCUT2D eigenvalue weighted by atomic mass is 16.7. The molecule has 0 saturated carbocycles. The van der Waals surface area contributed by atoms with Gasteiger partial charge in [0.25, 0.3) is 0 Å². The van der Waals surface area contributed by atoms with Gasteiger partial charge in [0.15, 0.2) is 11.5 Å². The first-order valence-corrected chi connectivity index (χ1v) is 9.65. The summed E-state index contributed by atoms with van der Waals surface area (Å²) in [5.41, 5.74) is 4.34. The van der Waals surface area contributed by atoms with Gasteiger partial charge in [0.1, 0.15) is 0 Å². The van der Waals surface area contributed by atoms with E-state index in [1.54, 1.807) is 0 Å². The van der Waals surface area contributed by atoms with Gasteiger partial charge in [-0.15, -0.1) is 0 Å². The molecule has 0 unspecified atom stereocenters. The summed E-state index contributed by atoms with van der Waals surface area (Å²) in [7, 11) is 0. The predicted molar refractivity (Wildman–Crippen MR) is 105 cm³/mol. The van der Waals surface area contributed by atoms with E-state index in [0.29, 0.717) is 6.54 Å². The fourth-order valence-electron chi connectivity index (χ4n) is 3.91. The fourth-order valence-corrected chi connectivity index (χ4v) is 3.91. The molecular weight excluding hydrogens is 354 g/mol. The Labute approximate surface area is 163 Å². The van der Waals surface area contributed by atoms with Crippen molar-refractivity contribution >= 4 is 0 Å². The van der Waals surface area contributed by atoms with Crippen LogP contribution in [0.5, 0.6) is 11.5 Å². The molecule has 144 valence electrons. The molecule has 5 rings (SSSR count). The topological polar surface area (TPSA) is 59.8 Å². The van der Waals surface area contributed by atoms with E-state index in [4.69, 9.17) is 14.6 Å². The van der Waals surface area contributed by atoms with E-state index in [2.05, 4.69) is 23.2 Å². The number of aliphatic hydroxyl groups excluding tert-OH is 1. The summed E-state index contributed by atoms with van der Waals surface area (Å²) in [4.78, 5) is 2.28. The molecule has 1 aromatic heterocycles. The van der Waals surface area contributed by atoms with E-state index >= 15 is 0 Å². The molecule has 0 amide bonds. The van der Waals surface area contributed by atoms with Crippen LogP contribution < -0.4 is 9.47 Å². The van der Waals surface area contributed by atoms with E-state index in [1.807, 2.05) is 41.1 Å². The molecule has 1 fully saturated rings. The van der Waals surface area contributed by atoms with E-state index in [1.165, 1.54) is 5.56 Å². The maximum atomic E-state index is 9.88. The van der Waals surface area contributed by atoms with Gasteiger partial charge in [-0.3, -0.25) is 9.58 Å². The molecule has 1 saturated heterocycles. The Hall–Kier alpha value is -2.83. The number of hydrogen-bond acceptors (Lipinski definition) is 5. The molecule has 3 heterocycles. The second-order valence-electron chi connectivity index (χ2n) is 7.43. The Morgan fingerprint density at radius 1 is 1.04 bits per heavy atom. The molecule has 0 bridgehead atoms. The van der Waals surface area contributed by atoms with Crippen molar-refractivity contribution in [2.45, 2.75) is 25.6 Å². The molecule has 0 spiro atoms. The van der Waals surface area contributed by atoms with Gasteiger partial charge in [-0.05, 0) is 30.2 Å². The number of benzene rings is 2. The lowest BCUT2D eigenvalue weighted by atomic mass is 10.1. The molecular formula is C22H23N3O3. The molecule has 2 aromatic carbocycles. The zero-order valence-electron chi connectivity index (χ0n) is 15.6. The second-order valence-corrected chi connectivity index (χ2v) is 7.43. The Bertz CT molecular complexity index is 970. The van der Waals surface area contributed by atoms with E-state index in [9.17, 15) is 5.11 Å². The number of β-amino-alcohol motifs (C(OH)–C–C–N with tert-alkyl or cyclic N) is 1. The first-order chi connectivity index (χ1) is 13.7. The van der Waals surface area contributed by atoms with Crippen molar-refractivity contribution in [2.24, 2.45) is 0 Å². The van der Waals surface area contributed by atoms with Crippen LogP contribution in [-0.4, -0.2) is 45.8 Å². The van der Waals surface area contributed by atoms with Crippen LogP contribution in [0.4, 0.5) is 0 Å². The first-order valence-electron chi connectivity index (χ1n) is 9.65. The molecule has 2 aliphatic heterocycles. The summed E-state index contributed by atoms with van der Waals surface area (Å²) in [6, 6.07) is 16.3. The number of rotatable bonds is 5. The third-order valence-corrected chi connectivity index (χ3v) is 5.31. The third kappa shape index (κ3) is 3.48. The molecule has 2 aliphatic rings. The zero-order valence-corrected chi connectivity index (χ0v) is 15.6. The molecule has 28 heavy (non-hydrogen) atoms. The Morgan fingerprint density at radius 2 is 1.89 bits per heavy atom. The number of aromatic nitrogens is 2. The highest BCUT2D eigenvalue weighted by molar-refractivity contribution is 5.67. The fraction of sp³-hybridized carbons (Fsp3) is 0.318. The minimum Gasteiger partial charge on any atom is -0.454 e. The Morgan fingerprint density at radius 3 is 2.71 bits per heavy atom. The van der Waals surface area contributed by atoms with Crippen LogP contribution in [0.25, 0.3) is 11.3 Å². The molecule has 6 heteroatoms. The lowest BCUT2D eigenvalue weighted by molar-refractivity contribution is 0.174. The summed E-state index contributed by atoms with van der Waals surface area (Å²) < 4.78 is 13.0. The SMILES string of the molecule is O[C@@H]1CCN(Cc2cn(Cc3ccccc3)nc2-c2ccc3c(c2)OCO3)C1. The van der Waals surface area contributed by atoms with Crippen molar-refractivity contribution in [1.82, 2.24) is 14.7 Å². The quantitative estimate of drug-likeness (QED) is 0.741. The smallest absolute Gasteiger partial charge is 0.231 e. The van der Waals surface area contributed by atoms with Crippen molar-refractivity contribution in [3.63, 3.8) is 0 Å². The number of nitrogens with zero attached hydrogens (tertiary/aromatic N) is 3. The minimum atomic E-state index is -0.228. The highest BCUT2D eigenvalue weighted by Gasteiger charge is 2.23. The maximum Gasteiger partial charge on any atom is 0.231 e. The van der Waals surface area contributed by atoms with Gasteiger partial charge in [0, 0.05) is 37.0 Å². The minimum absolute atomic E-state index is 0.228.